The van der Waals surface area contributed by atoms with Crippen LogP contribution < -0.4 is 5.32 Å². The van der Waals surface area contributed by atoms with Crippen molar-refractivity contribution in [3.8, 4) is 6.07 Å². The van der Waals surface area contributed by atoms with Crippen molar-refractivity contribution in [1.82, 2.24) is 0 Å². The standard InChI is InChI=1S/C11H10F2N2O/c12-10(13)5-6-11(16)15-9-3-1-8(7-14)2-4-9/h1-4,10H,5-6H2,(H,15,16). The van der Waals surface area contributed by atoms with Crippen LogP contribution in [-0.4, -0.2) is 12.3 Å². The molecule has 0 atom stereocenters. The zero-order valence-corrected chi connectivity index (χ0v) is 8.41. The molecule has 0 bridgehead atoms. The molecule has 1 aromatic carbocycles. The van der Waals surface area contributed by atoms with E-state index in [0.29, 0.717) is 11.3 Å². The smallest absolute Gasteiger partial charge is 0.239 e. The Morgan fingerprint density at radius 1 is 1.38 bits per heavy atom. The number of hydrogen-bond donors (Lipinski definition) is 1. The van der Waals surface area contributed by atoms with Crippen LogP contribution in [0.5, 0.6) is 0 Å². The molecular weight excluding hydrogens is 214 g/mol. The summed E-state index contributed by atoms with van der Waals surface area (Å²) in [5.41, 5.74) is 0.976. The predicted octanol–water partition coefficient (Wildman–Crippen LogP) is 2.54. The monoisotopic (exact) mass is 224 g/mol. The fraction of sp³-hybridized carbons (Fsp3) is 0.273. The number of rotatable bonds is 4. The van der Waals surface area contributed by atoms with Crippen LogP contribution in [0.15, 0.2) is 24.3 Å². The molecule has 1 rings (SSSR count). The van der Waals surface area contributed by atoms with Crippen molar-refractivity contribution in [2.75, 3.05) is 5.32 Å². The molecule has 0 aliphatic rings. The van der Waals surface area contributed by atoms with Gasteiger partial charge in [-0.3, -0.25) is 4.79 Å². The third-order valence-electron chi connectivity index (χ3n) is 1.89. The number of alkyl halides is 2. The van der Waals surface area contributed by atoms with Gasteiger partial charge in [-0.15, -0.1) is 0 Å². The summed E-state index contributed by atoms with van der Waals surface area (Å²) in [4.78, 5) is 11.2. The number of benzene rings is 1. The van der Waals surface area contributed by atoms with Crippen molar-refractivity contribution in [3.63, 3.8) is 0 Å². The summed E-state index contributed by atoms with van der Waals surface area (Å²) < 4.78 is 23.6. The maximum Gasteiger partial charge on any atom is 0.239 e. The molecule has 5 heteroatoms. The Labute approximate surface area is 91.7 Å². The summed E-state index contributed by atoms with van der Waals surface area (Å²) in [5.74, 6) is -0.454. The van der Waals surface area contributed by atoms with Crippen LogP contribution in [0.2, 0.25) is 0 Å². The van der Waals surface area contributed by atoms with Gasteiger partial charge in [-0.2, -0.15) is 5.26 Å². The second kappa shape index (κ2) is 5.81. The maximum atomic E-state index is 11.8. The average Bonchev–Trinajstić information content (AvgIpc) is 2.27. The van der Waals surface area contributed by atoms with E-state index in [-0.39, 0.29) is 6.42 Å². The van der Waals surface area contributed by atoms with Crippen molar-refractivity contribution in [2.45, 2.75) is 19.3 Å². The minimum atomic E-state index is -2.47. The molecule has 1 amide bonds. The van der Waals surface area contributed by atoms with Gasteiger partial charge < -0.3 is 5.32 Å². The Morgan fingerprint density at radius 2 is 2.00 bits per heavy atom. The van der Waals surface area contributed by atoms with Gasteiger partial charge >= 0.3 is 0 Å². The van der Waals surface area contributed by atoms with Crippen LogP contribution in [0.25, 0.3) is 0 Å². The number of carbonyl (C=O) groups is 1. The lowest BCUT2D eigenvalue weighted by atomic mass is 10.2. The molecule has 84 valence electrons. The van der Waals surface area contributed by atoms with E-state index in [4.69, 9.17) is 5.26 Å². The van der Waals surface area contributed by atoms with E-state index in [1.165, 1.54) is 0 Å². The Kier molecular flexibility index (Phi) is 4.40. The first-order valence-electron chi connectivity index (χ1n) is 4.70. The quantitative estimate of drug-likeness (QED) is 0.854. The summed E-state index contributed by atoms with van der Waals surface area (Å²) in [5, 5.41) is 11.0. The van der Waals surface area contributed by atoms with Crippen molar-refractivity contribution in [2.24, 2.45) is 0 Å². The molecule has 16 heavy (non-hydrogen) atoms. The van der Waals surface area contributed by atoms with Gasteiger partial charge in [0.25, 0.3) is 0 Å². The number of anilines is 1. The van der Waals surface area contributed by atoms with E-state index in [1.54, 1.807) is 24.3 Å². The fourth-order valence-electron chi connectivity index (χ4n) is 1.09. The molecule has 0 heterocycles. The molecule has 3 nitrogen and oxygen atoms in total. The van der Waals surface area contributed by atoms with E-state index in [2.05, 4.69) is 5.32 Å². The molecule has 0 fully saturated rings. The highest BCUT2D eigenvalue weighted by atomic mass is 19.3. The van der Waals surface area contributed by atoms with E-state index >= 15 is 0 Å². The van der Waals surface area contributed by atoms with Gasteiger partial charge in [-0.25, -0.2) is 8.78 Å². The number of amides is 1. The third kappa shape index (κ3) is 4.05. The van der Waals surface area contributed by atoms with Crippen molar-refractivity contribution in [3.05, 3.63) is 29.8 Å². The molecule has 0 aliphatic carbocycles. The zero-order chi connectivity index (χ0) is 12.0. The number of carbonyl (C=O) groups excluding carboxylic acids is 1. The highest BCUT2D eigenvalue weighted by Gasteiger charge is 2.07. The summed E-state index contributed by atoms with van der Waals surface area (Å²) in [6.07, 6.45) is -3.12. The Morgan fingerprint density at radius 3 is 2.50 bits per heavy atom. The third-order valence-corrected chi connectivity index (χ3v) is 1.89. The van der Waals surface area contributed by atoms with Crippen LogP contribution in [0.4, 0.5) is 14.5 Å². The topological polar surface area (TPSA) is 52.9 Å². The summed E-state index contributed by atoms with van der Waals surface area (Å²) in [7, 11) is 0. The molecule has 0 aliphatic heterocycles. The minimum Gasteiger partial charge on any atom is -0.326 e. The van der Waals surface area contributed by atoms with Crippen LogP contribution in [0.3, 0.4) is 0 Å². The van der Waals surface area contributed by atoms with Crippen molar-refractivity contribution >= 4 is 11.6 Å². The summed E-state index contributed by atoms with van der Waals surface area (Å²) in [6, 6.07) is 8.13. The SMILES string of the molecule is N#Cc1ccc(NC(=O)CCC(F)F)cc1. The lowest BCUT2D eigenvalue weighted by molar-refractivity contribution is -0.116. The molecule has 0 radical (unpaired) electrons. The molecule has 1 N–H and O–H groups in total. The molecule has 0 saturated carbocycles. The molecular formula is C11H10F2N2O. The minimum absolute atomic E-state index is 0.211. The molecule has 0 unspecified atom stereocenters. The zero-order valence-electron chi connectivity index (χ0n) is 8.41. The lowest BCUT2D eigenvalue weighted by Crippen LogP contribution is -2.12. The second-order valence-electron chi connectivity index (χ2n) is 3.17. The first kappa shape index (κ1) is 12.1. The molecule has 0 aromatic heterocycles. The number of nitriles is 1. The Bertz CT molecular complexity index is 395. The van der Waals surface area contributed by atoms with Crippen LogP contribution in [-0.2, 0) is 4.79 Å². The van der Waals surface area contributed by atoms with E-state index in [0.717, 1.165) is 0 Å². The van der Waals surface area contributed by atoms with Gasteiger partial charge in [0.1, 0.15) is 0 Å². The van der Waals surface area contributed by atoms with Gasteiger partial charge in [-0.05, 0) is 24.3 Å². The summed E-state index contributed by atoms with van der Waals surface area (Å²) >= 11 is 0. The van der Waals surface area contributed by atoms with Crippen LogP contribution >= 0.6 is 0 Å². The van der Waals surface area contributed by atoms with E-state index < -0.39 is 18.8 Å². The van der Waals surface area contributed by atoms with Gasteiger partial charge in [0, 0.05) is 18.5 Å². The van der Waals surface area contributed by atoms with E-state index in [1.807, 2.05) is 6.07 Å². The van der Waals surface area contributed by atoms with Gasteiger partial charge in [0.15, 0.2) is 0 Å². The van der Waals surface area contributed by atoms with Crippen molar-refractivity contribution < 1.29 is 13.6 Å². The highest BCUT2D eigenvalue weighted by Crippen LogP contribution is 2.10. The van der Waals surface area contributed by atoms with Crippen molar-refractivity contribution in [1.29, 1.82) is 5.26 Å². The second-order valence-corrected chi connectivity index (χ2v) is 3.17. The van der Waals surface area contributed by atoms with Crippen LogP contribution in [0, 0.1) is 11.3 Å². The van der Waals surface area contributed by atoms with Gasteiger partial charge in [-0.1, -0.05) is 0 Å². The number of nitrogens with zero attached hydrogens (tertiary/aromatic N) is 1. The average molecular weight is 224 g/mol. The highest BCUT2D eigenvalue weighted by molar-refractivity contribution is 5.90. The first-order chi connectivity index (χ1) is 7.61. The first-order valence-corrected chi connectivity index (χ1v) is 4.70. The Hall–Kier alpha value is -1.96. The Balaban J connectivity index is 2.47. The largest absolute Gasteiger partial charge is 0.326 e. The fourth-order valence-corrected chi connectivity index (χ4v) is 1.09. The summed E-state index contributed by atoms with van der Waals surface area (Å²) in [6.45, 7) is 0. The molecule has 0 spiro atoms. The maximum absolute atomic E-state index is 11.8. The molecule has 1 aromatic rings. The van der Waals surface area contributed by atoms with Crippen LogP contribution in [0.1, 0.15) is 18.4 Å². The normalized spacial score (nSPS) is 9.88. The van der Waals surface area contributed by atoms with E-state index in [9.17, 15) is 13.6 Å². The predicted molar refractivity (Wildman–Crippen MR) is 55.0 cm³/mol. The van der Waals surface area contributed by atoms with Gasteiger partial charge in [0.05, 0.1) is 11.6 Å². The number of hydrogen-bond acceptors (Lipinski definition) is 2. The molecule has 0 saturated heterocycles. The van der Waals surface area contributed by atoms with Gasteiger partial charge in [0.2, 0.25) is 12.3 Å². The number of nitrogens with one attached hydrogen (secondary N) is 1. The number of halogens is 2. The lowest BCUT2D eigenvalue weighted by Gasteiger charge is -2.04.